The van der Waals surface area contributed by atoms with Crippen LogP contribution in [-0.4, -0.2) is 25.8 Å². The Labute approximate surface area is 177 Å². The van der Waals surface area contributed by atoms with Crippen LogP contribution in [0.5, 0.6) is 11.6 Å². The summed E-state index contributed by atoms with van der Waals surface area (Å²) in [4.78, 5) is 37.1. The van der Waals surface area contributed by atoms with Gasteiger partial charge in [-0.05, 0) is 17.1 Å². The monoisotopic (exact) mass is 457 g/mol. The Kier molecular flexibility index (Phi) is 5.94. The lowest BCUT2D eigenvalue weighted by molar-refractivity contribution is 0.101. The summed E-state index contributed by atoms with van der Waals surface area (Å²) in [6.45, 7) is 3.64. The van der Waals surface area contributed by atoms with E-state index in [1.54, 1.807) is 0 Å². The molecule has 2 heterocycles. The first-order valence-electron chi connectivity index (χ1n) is 8.39. The van der Waals surface area contributed by atoms with Crippen molar-refractivity contribution < 1.29 is 18.4 Å². The number of rotatable bonds is 5. The first-order valence-corrected chi connectivity index (χ1v) is 9.15. The van der Waals surface area contributed by atoms with Gasteiger partial charge in [0.2, 0.25) is 11.7 Å². The van der Waals surface area contributed by atoms with Gasteiger partial charge in [-0.25, -0.2) is 13.9 Å². The van der Waals surface area contributed by atoms with Crippen molar-refractivity contribution >= 4 is 34.8 Å². The molecule has 10 nitrogen and oxygen atoms in total. The molecule has 30 heavy (non-hydrogen) atoms. The van der Waals surface area contributed by atoms with E-state index in [1.807, 2.05) is 18.8 Å². The summed E-state index contributed by atoms with van der Waals surface area (Å²) in [5.41, 5.74) is -0.257. The molecule has 0 saturated carbocycles. The molecular weight excluding hydrogens is 444 g/mol. The minimum absolute atomic E-state index is 0.0269. The number of benzene rings is 1. The smallest absolute Gasteiger partial charge is 0.434 e. The van der Waals surface area contributed by atoms with Gasteiger partial charge in [0.15, 0.2) is 11.6 Å². The zero-order valence-corrected chi connectivity index (χ0v) is 17.3. The number of H-pyrrole nitrogens is 1. The number of amides is 1. The molecule has 1 amide bonds. The van der Waals surface area contributed by atoms with Crippen LogP contribution in [0.25, 0.3) is 0 Å². The summed E-state index contributed by atoms with van der Waals surface area (Å²) < 4.78 is 25.5. The molecular formula is C17H14Cl2FN5O5. The van der Waals surface area contributed by atoms with Crippen LogP contribution in [0.15, 0.2) is 26.2 Å². The molecule has 0 spiro atoms. The van der Waals surface area contributed by atoms with E-state index in [1.165, 1.54) is 13.1 Å². The number of halogens is 3. The Morgan fingerprint density at radius 1 is 1.33 bits per heavy atom. The number of aromatic amines is 1. The highest BCUT2D eigenvalue weighted by Crippen LogP contribution is 2.41. The van der Waals surface area contributed by atoms with Crippen LogP contribution in [0.3, 0.4) is 0 Å². The third-order valence-electron chi connectivity index (χ3n) is 3.92. The lowest BCUT2D eigenvalue weighted by Crippen LogP contribution is -2.24. The molecule has 3 aromatic rings. The topological polar surface area (TPSA) is 132 Å². The van der Waals surface area contributed by atoms with Gasteiger partial charge in [-0.1, -0.05) is 37.0 Å². The Bertz CT molecular complexity index is 1250. The Morgan fingerprint density at radius 3 is 2.63 bits per heavy atom. The van der Waals surface area contributed by atoms with Crippen molar-refractivity contribution in [3.8, 4) is 11.6 Å². The number of anilines is 1. The van der Waals surface area contributed by atoms with E-state index in [-0.39, 0.29) is 33.8 Å². The zero-order chi connectivity index (χ0) is 22.2. The summed E-state index contributed by atoms with van der Waals surface area (Å²) in [5.74, 6) is -3.83. The van der Waals surface area contributed by atoms with E-state index in [4.69, 9.17) is 27.9 Å². The highest BCUT2D eigenvalue weighted by atomic mass is 35.5. The van der Waals surface area contributed by atoms with Crippen molar-refractivity contribution in [2.45, 2.75) is 19.8 Å². The van der Waals surface area contributed by atoms with E-state index < -0.39 is 28.3 Å². The molecule has 0 saturated heterocycles. The van der Waals surface area contributed by atoms with Crippen LogP contribution in [0, 0.1) is 5.82 Å². The fourth-order valence-electron chi connectivity index (χ4n) is 2.44. The predicted octanol–water partition coefficient (Wildman–Crippen LogP) is 3.07. The zero-order valence-electron chi connectivity index (χ0n) is 15.7. The average molecular weight is 458 g/mol. The number of nitrogens with one attached hydrogen (secondary N) is 2. The van der Waals surface area contributed by atoms with Gasteiger partial charge >= 0.3 is 5.76 Å². The standard InChI is InChI=1S/C17H14Cl2FN5O5/c1-6(2)7-4-10(23-25(3)16(7)27)29-13-8(18)5-9(12(20)11(13)19)21-15(26)14-22-17(28)30-24-14/h4-6H,1-3H3,(H,21,26)(H,22,24,28). The van der Waals surface area contributed by atoms with Crippen molar-refractivity contribution in [3.63, 3.8) is 0 Å². The maximum Gasteiger partial charge on any atom is 0.439 e. The highest BCUT2D eigenvalue weighted by Gasteiger charge is 2.22. The van der Waals surface area contributed by atoms with Crippen LogP contribution in [0.4, 0.5) is 10.1 Å². The van der Waals surface area contributed by atoms with Crippen molar-refractivity contribution in [2.24, 2.45) is 7.05 Å². The van der Waals surface area contributed by atoms with Crippen molar-refractivity contribution in [3.05, 3.63) is 60.3 Å². The lowest BCUT2D eigenvalue weighted by atomic mass is 10.1. The van der Waals surface area contributed by atoms with E-state index in [2.05, 4.69) is 20.1 Å². The average Bonchev–Trinajstić information content (AvgIpc) is 3.12. The highest BCUT2D eigenvalue weighted by molar-refractivity contribution is 6.38. The van der Waals surface area contributed by atoms with E-state index in [0.29, 0.717) is 5.56 Å². The van der Waals surface area contributed by atoms with Gasteiger partial charge in [0.25, 0.3) is 11.5 Å². The SMILES string of the molecule is CC(C)c1cc(Oc2c(Cl)cc(NC(=O)c3noc(=O)[nH]3)c(F)c2Cl)nn(C)c1=O. The molecule has 0 aliphatic heterocycles. The number of aromatic nitrogens is 4. The second-order valence-electron chi connectivity index (χ2n) is 6.38. The number of ether oxygens (including phenoxy) is 1. The summed E-state index contributed by atoms with van der Waals surface area (Å²) >= 11 is 12.2. The van der Waals surface area contributed by atoms with Crippen LogP contribution in [0.1, 0.15) is 35.9 Å². The summed E-state index contributed by atoms with van der Waals surface area (Å²) in [7, 11) is 1.44. The van der Waals surface area contributed by atoms with Crippen LogP contribution < -0.4 is 21.4 Å². The maximum atomic E-state index is 14.7. The number of carbonyl (C=O) groups excluding carboxylic acids is 1. The molecule has 13 heteroatoms. The van der Waals surface area contributed by atoms with Crippen LogP contribution in [0.2, 0.25) is 10.0 Å². The molecule has 0 fully saturated rings. The first-order chi connectivity index (χ1) is 14.1. The molecule has 1 aromatic carbocycles. The summed E-state index contributed by atoms with van der Waals surface area (Å²) in [6.07, 6.45) is 0. The van der Waals surface area contributed by atoms with Gasteiger partial charge in [0.05, 0.1) is 10.7 Å². The molecule has 2 N–H and O–H groups in total. The second kappa shape index (κ2) is 8.28. The fraction of sp³-hybridized carbons (Fsp3) is 0.235. The Hall–Kier alpha value is -3.18. The third-order valence-corrected chi connectivity index (χ3v) is 4.54. The quantitative estimate of drug-likeness (QED) is 0.562. The first kappa shape index (κ1) is 21.5. The molecule has 0 bridgehead atoms. The Morgan fingerprint density at radius 2 is 2.03 bits per heavy atom. The maximum absolute atomic E-state index is 14.7. The molecule has 0 atom stereocenters. The van der Waals surface area contributed by atoms with Gasteiger partial charge < -0.3 is 10.1 Å². The van der Waals surface area contributed by atoms with E-state index in [9.17, 15) is 18.8 Å². The summed E-state index contributed by atoms with van der Waals surface area (Å²) in [6, 6.07) is 2.47. The second-order valence-corrected chi connectivity index (χ2v) is 7.17. The van der Waals surface area contributed by atoms with Crippen LogP contribution in [-0.2, 0) is 7.05 Å². The van der Waals surface area contributed by atoms with Gasteiger partial charge in [-0.3, -0.25) is 19.1 Å². The number of hydrogen-bond acceptors (Lipinski definition) is 7. The van der Waals surface area contributed by atoms with Crippen LogP contribution >= 0.6 is 23.2 Å². The normalized spacial score (nSPS) is 11.0. The number of nitrogens with zero attached hydrogens (tertiary/aromatic N) is 3. The predicted molar refractivity (Wildman–Crippen MR) is 105 cm³/mol. The molecule has 0 aliphatic rings. The molecule has 0 aliphatic carbocycles. The van der Waals surface area contributed by atoms with Crippen molar-refractivity contribution in [1.29, 1.82) is 0 Å². The minimum Gasteiger partial charge on any atom is -0.434 e. The van der Waals surface area contributed by atoms with E-state index >= 15 is 0 Å². The molecule has 158 valence electrons. The molecule has 0 unspecified atom stereocenters. The Balaban J connectivity index is 1.95. The van der Waals surface area contributed by atoms with Gasteiger partial charge in [0, 0.05) is 18.7 Å². The molecule has 0 radical (unpaired) electrons. The lowest BCUT2D eigenvalue weighted by Gasteiger charge is -2.14. The molecule has 2 aromatic heterocycles. The van der Waals surface area contributed by atoms with Gasteiger partial charge in [0.1, 0.15) is 5.02 Å². The minimum atomic E-state index is -1.05. The number of aryl methyl sites for hydroxylation is 1. The fourth-order valence-corrected chi connectivity index (χ4v) is 2.98. The number of carbonyl (C=O) groups is 1. The molecule has 3 rings (SSSR count). The third kappa shape index (κ3) is 4.21. The number of hydrogen-bond donors (Lipinski definition) is 2. The summed E-state index contributed by atoms with van der Waals surface area (Å²) in [5, 5.41) is 8.63. The van der Waals surface area contributed by atoms with Gasteiger partial charge in [-0.2, -0.15) is 0 Å². The van der Waals surface area contributed by atoms with Crippen molar-refractivity contribution in [1.82, 2.24) is 19.9 Å². The van der Waals surface area contributed by atoms with Gasteiger partial charge in [-0.15, -0.1) is 5.10 Å². The van der Waals surface area contributed by atoms with Crippen molar-refractivity contribution in [2.75, 3.05) is 5.32 Å². The van der Waals surface area contributed by atoms with E-state index in [0.717, 1.165) is 10.7 Å². The largest absolute Gasteiger partial charge is 0.439 e.